The fraction of sp³-hybridized carbons (Fsp3) is 0.458. The van der Waals surface area contributed by atoms with Gasteiger partial charge in [0.2, 0.25) is 0 Å². The standard InChI is InChI=1S/C24H30N6O3/c1-14(2)24(22(32)25-23(33)26-24)19-8-6-18(7-9-19)21(31)30-12-10-29(11-13-30)20-16(4)15(3)17(5)27-28-20/h6-9,14H,10-13H2,1-5H3,(H2,25,26,32,33)/t24-/m1/s1. The minimum atomic E-state index is -1.13. The lowest BCUT2D eigenvalue weighted by Gasteiger charge is -2.36. The van der Waals surface area contributed by atoms with Gasteiger partial charge in [-0.2, -0.15) is 5.10 Å². The highest BCUT2D eigenvalue weighted by molar-refractivity contribution is 6.07. The van der Waals surface area contributed by atoms with Crippen LogP contribution in [0.1, 0.15) is 46.6 Å². The summed E-state index contributed by atoms with van der Waals surface area (Å²) in [5.74, 6) is 0.297. The summed E-state index contributed by atoms with van der Waals surface area (Å²) >= 11 is 0. The predicted molar refractivity (Wildman–Crippen MR) is 124 cm³/mol. The molecular weight excluding hydrogens is 420 g/mol. The minimum Gasteiger partial charge on any atom is -0.351 e. The number of hydrogen-bond donors (Lipinski definition) is 2. The first kappa shape index (κ1) is 22.7. The maximum Gasteiger partial charge on any atom is 0.322 e. The van der Waals surface area contributed by atoms with Crippen LogP contribution in [0, 0.1) is 26.7 Å². The van der Waals surface area contributed by atoms with E-state index in [0.29, 0.717) is 37.3 Å². The van der Waals surface area contributed by atoms with E-state index in [0.717, 1.165) is 22.6 Å². The first-order valence-corrected chi connectivity index (χ1v) is 11.2. The normalized spacial score (nSPS) is 20.8. The number of nitrogens with zero attached hydrogens (tertiary/aromatic N) is 4. The quantitative estimate of drug-likeness (QED) is 0.691. The maximum atomic E-state index is 13.1. The second-order valence-electron chi connectivity index (χ2n) is 9.09. The van der Waals surface area contributed by atoms with Crippen LogP contribution in [0.3, 0.4) is 0 Å². The molecule has 4 rings (SSSR count). The molecule has 0 radical (unpaired) electrons. The van der Waals surface area contributed by atoms with Crippen LogP contribution in [0.25, 0.3) is 0 Å². The van der Waals surface area contributed by atoms with Crippen molar-refractivity contribution in [3.63, 3.8) is 0 Å². The predicted octanol–water partition coefficient (Wildman–Crippen LogP) is 2.05. The molecule has 0 aliphatic carbocycles. The molecule has 2 fully saturated rings. The molecule has 1 atom stereocenters. The zero-order valence-electron chi connectivity index (χ0n) is 19.7. The van der Waals surface area contributed by atoms with E-state index in [9.17, 15) is 14.4 Å². The monoisotopic (exact) mass is 450 g/mol. The third-order valence-corrected chi connectivity index (χ3v) is 6.95. The SMILES string of the molecule is Cc1nnc(N2CCN(C(=O)c3ccc([C@@]4(C(C)C)NC(=O)NC4=O)cc3)CC2)c(C)c1C. The van der Waals surface area contributed by atoms with Crippen LogP contribution >= 0.6 is 0 Å². The van der Waals surface area contributed by atoms with Crippen LogP contribution in [0.4, 0.5) is 10.6 Å². The van der Waals surface area contributed by atoms with Gasteiger partial charge in [0, 0.05) is 31.7 Å². The van der Waals surface area contributed by atoms with Gasteiger partial charge in [-0.3, -0.25) is 14.9 Å². The average Bonchev–Trinajstić information content (AvgIpc) is 3.12. The lowest BCUT2D eigenvalue weighted by atomic mass is 9.79. The van der Waals surface area contributed by atoms with Crippen molar-refractivity contribution in [2.75, 3.05) is 31.1 Å². The third kappa shape index (κ3) is 3.81. The summed E-state index contributed by atoms with van der Waals surface area (Å²) in [5.41, 5.74) is 3.28. The van der Waals surface area contributed by atoms with Gasteiger partial charge in [0.25, 0.3) is 11.8 Å². The van der Waals surface area contributed by atoms with Crippen LogP contribution in [0.15, 0.2) is 24.3 Å². The van der Waals surface area contributed by atoms with Gasteiger partial charge in [0.05, 0.1) is 5.69 Å². The summed E-state index contributed by atoms with van der Waals surface area (Å²) in [6, 6.07) is 6.46. The molecule has 2 aliphatic heterocycles. The van der Waals surface area contributed by atoms with Crippen molar-refractivity contribution >= 4 is 23.7 Å². The van der Waals surface area contributed by atoms with Gasteiger partial charge >= 0.3 is 6.03 Å². The molecule has 0 spiro atoms. The number of piperazine rings is 1. The summed E-state index contributed by atoms with van der Waals surface area (Å²) in [5, 5.41) is 13.7. The molecule has 2 aliphatic rings. The Balaban J connectivity index is 1.46. The van der Waals surface area contributed by atoms with Crippen molar-refractivity contribution in [3.05, 3.63) is 52.2 Å². The van der Waals surface area contributed by atoms with Crippen molar-refractivity contribution < 1.29 is 14.4 Å². The van der Waals surface area contributed by atoms with Crippen molar-refractivity contribution in [1.82, 2.24) is 25.7 Å². The minimum absolute atomic E-state index is 0.0531. The van der Waals surface area contributed by atoms with E-state index in [2.05, 4.69) is 39.6 Å². The van der Waals surface area contributed by atoms with Crippen molar-refractivity contribution in [2.24, 2.45) is 5.92 Å². The highest BCUT2D eigenvalue weighted by Crippen LogP contribution is 2.33. The number of aryl methyl sites for hydroxylation is 1. The molecule has 33 heavy (non-hydrogen) atoms. The number of imide groups is 1. The van der Waals surface area contributed by atoms with Crippen LogP contribution in [0.5, 0.6) is 0 Å². The Morgan fingerprint density at radius 3 is 2.15 bits per heavy atom. The summed E-state index contributed by atoms with van der Waals surface area (Å²) in [4.78, 5) is 41.4. The van der Waals surface area contributed by atoms with Crippen LogP contribution in [-0.4, -0.2) is 59.1 Å². The van der Waals surface area contributed by atoms with Crippen molar-refractivity contribution in [1.29, 1.82) is 0 Å². The summed E-state index contributed by atoms with van der Waals surface area (Å²) in [7, 11) is 0. The van der Waals surface area contributed by atoms with E-state index >= 15 is 0 Å². The third-order valence-electron chi connectivity index (χ3n) is 6.95. The largest absolute Gasteiger partial charge is 0.351 e. The highest BCUT2D eigenvalue weighted by atomic mass is 16.2. The number of urea groups is 1. The molecule has 3 heterocycles. The first-order valence-electron chi connectivity index (χ1n) is 11.2. The summed E-state index contributed by atoms with van der Waals surface area (Å²) < 4.78 is 0. The molecule has 2 saturated heterocycles. The topological polar surface area (TPSA) is 108 Å². The molecule has 9 heteroatoms. The summed E-state index contributed by atoms with van der Waals surface area (Å²) in [6.07, 6.45) is 0. The molecule has 9 nitrogen and oxygen atoms in total. The molecule has 0 bridgehead atoms. The number of aromatic nitrogens is 2. The molecule has 1 aromatic carbocycles. The first-order chi connectivity index (χ1) is 15.6. The fourth-order valence-electron chi connectivity index (χ4n) is 4.60. The van der Waals surface area contributed by atoms with E-state index in [1.165, 1.54) is 0 Å². The molecule has 1 aromatic heterocycles. The van der Waals surface area contributed by atoms with Gasteiger partial charge in [-0.25, -0.2) is 4.79 Å². The van der Waals surface area contributed by atoms with Gasteiger partial charge in [0.1, 0.15) is 5.54 Å². The highest BCUT2D eigenvalue weighted by Gasteiger charge is 2.50. The van der Waals surface area contributed by atoms with Gasteiger partial charge in [0.15, 0.2) is 5.82 Å². The number of benzene rings is 1. The molecule has 2 aromatic rings. The van der Waals surface area contributed by atoms with E-state index in [4.69, 9.17) is 0 Å². The van der Waals surface area contributed by atoms with Gasteiger partial charge in [-0.1, -0.05) is 26.0 Å². The molecule has 0 unspecified atom stereocenters. The molecular formula is C24H30N6O3. The smallest absolute Gasteiger partial charge is 0.322 e. The average molecular weight is 451 g/mol. The number of nitrogens with one attached hydrogen (secondary N) is 2. The van der Waals surface area contributed by atoms with Crippen LogP contribution in [-0.2, 0) is 10.3 Å². The maximum absolute atomic E-state index is 13.1. The lowest BCUT2D eigenvalue weighted by Crippen LogP contribution is -2.49. The van der Waals surface area contributed by atoms with Gasteiger partial charge in [-0.05, 0) is 55.5 Å². The Hall–Kier alpha value is -3.49. The van der Waals surface area contributed by atoms with Gasteiger partial charge in [-0.15, -0.1) is 5.10 Å². The van der Waals surface area contributed by atoms with E-state index in [-0.39, 0.29) is 17.7 Å². The molecule has 2 N–H and O–H groups in total. The number of hydrogen-bond acceptors (Lipinski definition) is 6. The van der Waals surface area contributed by atoms with Gasteiger partial charge < -0.3 is 15.1 Å². The zero-order chi connectivity index (χ0) is 23.9. The summed E-state index contributed by atoms with van der Waals surface area (Å²) in [6.45, 7) is 12.4. The van der Waals surface area contributed by atoms with E-state index in [1.807, 2.05) is 25.7 Å². The fourth-order valence-corrected chi connectivity index (χ4v) is 4.60. The van der Waals surface area contributed by atoms with E-state index in [1.54, 1.807) is 24.3 Å². The lowest BCUT2D eigenvalue weighted by molar-refractivity contribution is -0.125. The van der Waals surface area contributed by atoms with Crippen LogP contribution < -0.4 is 15.5 Å². The zero-order valence-corrected chi connectivity index (χ0v) is 19.7. The van der Waals surface area contributed by atoms with E-state index < -0.39 is 11.6 Å². The Morgan fingerprint density at radius 1 is 0.970 bits per heavy atom. The van der Waals surface area contributed by atoms with Crippen LogP contribution in [0.2, 0.25) is 0 Å². The molecule has 4 amide bonds. The van der Waals surface area contributed by atoms with Crippen molar-refractivity contribution in [2.45, 2.75) is 40.2 Å². The number of carbonyl (C=O) groups is 3. The Kier molecular flexibility index (Phi) is 5.82. The molecule has 0 saturated carbocycles. The number of rotatable bonds is 4. The second kappa shape index (κ2) is 8.46. The number of anilines is 1. The number of carbonyl (C=O) groups excluding carboxylic acids is 3. The number of amides is 4. The second-order valence-corrected chi connectivity index (χ2v) is 9.09. The molecule has 174 valence electrons. The Morgan fingerprint density at radius 2 is 1.61 bits per heavy atom. The Bertz CT molecular complexity index is 1110. The van der Waals surface area contributed by atoms with Crippen molar-refractivity contribution in [3.8, 4) is 0 Å². The Labute approximate surface area is 193 Å².